The molecule has 16 heavy (non-hydrogen) atoms. The zero-order valence-electron chi connectivity index (χ0n) is 9.56. The summed E-state index contributed by atoms with van der Waals surface area (Å²) in [5, 5.41) is 10.3. The van der Waals surface area contributed by atoms with Crippen molar-refractivity contribution in [1.29, 1.82) is 0 Å². The fraction of sp³-hybridized carbons (Fsp3) is 0.385. The van der Waals surface area contributed by atoms with Crippen LogP contribution in [0.2, 0.25) is 0 Å². The third kappa shape index (κ3) is 1.96. The first-order valence-corrected chi connectivity index (χ1v) is 5.64. The molecule has 3 heteroatoms. The summed E-state index contributed by atoms with van der Waals surface area (Å²) in [7, 11) is 0. The van der Waals surface area contributed by atoms with E-state index in [2.05, 4.69) is 22.9 Å². The molecule has 0 radical (unpaired) electrons. The molecule has 3 N–H and O–H groups in total. The molecule has 0 bridgehead atoms. The second-order valence-corrected chi connectivity index (χ2v) is 4.32. The molecule has 1 aromatic carbocycles. The van der Waals surface area contributed by atoms with Crippen molar-refractivity contribution in [2.24, 2.45) is 11.7 Å². The molecule has 0 aliphatic rings. The van der Waals surface area contributed by atoms with Crippen LogP contribution in [0, 0.1) is 5.92 Å². The van der Waals surface area contributed by atoms with E-state index in [0.717, 1.165) is 6.54 Å². The van der Waals surface area contributed by atoms with Crippen LogP contribution in [0.3, 0.4) is 0 Å². The summed E-state index contributed by atoms with van der Waals surface area (Å²) in [5.74, 6) is 0.265. The van der Waals surface area contributed by atoms with Crippen LogP contribution in [0.15, 0.2) is 30.5 Å². The zero-order valence-corrected chi connectivity index (χ0v) is 9.56. The lowest BCUT2D eigenvalue weighted by atomic mass is 10.2. The summed E-state index contributed by atoms with van der Waals surface area (Å²) in [4.78, 5) is 0. The Balaban J connectivity index is 2.45. The van der Waals surface area contributed by atoms with Crippen molar-refractivity contribution in [1.82, 2.24) is 4.57 Å². The summed E-state index contributed by atoms with van der Waals surface area (Å²) in [6.07, 6.45) is 2.09. The molecule has 0 aliphatic carbocycles. The minimum atomic E-state index is 0.213. The summed E-state index contributed by atoms with van der Waals surface area (Å²) < 4.78 is 2.18. The smallest absolute Gasteiger partial charge is 0.0483 e. The van der Waals surface area contributed by atoms with Gasteiger partial charge in [0.2, 0.25) is 0 Å². The second kappa shape index (κ2) is 4.68. The van der Waals surface area contributed by atoms with E-state index in [0.29, 0.717) is 6.54 Å². The molecule has 1 heterocycles. The number of hydrogen-bond acceptors (Lipinski definition) is 2. The van der Waals surface area contributed by atoms with Gasteiger partial charge >= 0.3 is 0 Å². The predicted molar refractivity (Wildman–Crippen MR) is 66.1 cm³/mol. The van der Waals surface area contributed by atoms with Crippen LogP contribution in [-0.2, 0) is 13.1 Å². The van der Waals surface area contributed by atoms with E-state index in [9.17, 15) is 0 Å². The average molecular weight is 218 g/mol. The molecule has 1 aromatic heterocycles. The number of aliphatic hydroxyl groups is 1. The topological polar surface area (TPSA) is 51.2 Å². The molecular formula is C13H18N2O. The molecule has 86 valence electrons. The van der Waals surface area contributed by atoms with Crippen LogP contribution in [0.1, 0.15) is 12.5 Å². The molecule has 1 atom stereocenters. The van der Waals surface area contributed by atoms with Crippen LogP contribution in [0.25, 0.3) is 10.9 Å². The van der Waals surface area contributed by atoms with Gasteiger partial charge in [0.15, 0.2) is 0 Å². The van der Waals surface area contributed by atoms with Crippen molar-refractivity contribution in [2.75, 3.05) is 6.61 Å². The molecule has 3 nitrogen and oxygen atoms in total. The third-order valence-corrected chi connectivity index (χ3v) is 2.91. The third-order valence-electron chi connectivity index (χ3n) is 2.91. The van der Waals surface area contributed by atoms with Crippen LogP contribution in [-0.4, -0.2) is 16.3 Å². The number of aliphatic hydroxyl groups excluding tert-OH is 1. The first-order valence-electron chi connectivity index (χ1n) is 5.64. The Morgan fingerprint density at radius 1 is 1.38 bits per heavy atom. The maximum absolute atomic E-state index is 9.09. The number of para-hydroxylation sites is 1. The normalized spacial score (nSPS) is 13.2. The Bertz CT molecular complexity index is 476. The van der Waals surface area contributed by atoms with Crippen molar-refractivity contribution in [2.45, 2.75) is 20.0 Å². The van der Waals surface area contributed by atoms with Crippen molar-refractivity contribution < 1.29 is 5.11 Å². The Hall–Kier alpha value is -1.32. The fourth-order valence-electron chi connectivity index (χ4n) is 2.03. The zero-order chi connectivity index (χ0) is 11.5. The molecule has 2 aromatic rings. The minimum absolute atomic E-state index is 0.213. The summed E-state index contributed by atoms with van der Waals surface area (Å²) in [6, 6.07) is 8.25. The van der Waals surface area contributed by atoms with Crippen molar-refractivity contribution >= 4 is 10.9 Å². The van der Waals surface area contributed by atoms with Crippen molar-refractivity contribution in [3.8, 4) is 0 Å². The molecular weight excluding hydrogens is 200 g/mol. The van der Waals surface area contributed by atoms with Gasteiger partial charge in [-0.25, -0.2) is 0 Å². The lowest BCUT2D eigenvalue weighted by molar-refractivity contribution is 0.224. The lowest BCUT2D eigenvalue weighted by Crippen LogP contribution is -2.10. The highest BCUT2D eigenvalue weighted by molar-refractivity contribution is 5.83. The van der Waals surface area contributed by atoms with Crippen LogP contribution >= 0.6 is 0 Å². The number of fused-ring (bicyclic) bond motifs is 1. The molecule has 0 amide bonds. The summed E-state index contributed by atoms with van der Waals surface area (Å²) >= 11 is 0. The fourth-order valence-corrected chi connectivity index (χ4v) is 2.03. The van der Waals surface area contributed by atoms with Gasteiger partial charge in [-0.15, -0.1) is 0 Å². The van der Waals surface area contributed by atoms with Gasteiger partial charge < -0.3 is 15.4 Å². The molecule has 1 unspecified atom stereocenters. The molecule has 0 aliphatic heterocycles. The highest BCUT2D eigenvalue weighted by Gasteiger charge is 2.08. The number of nitrogens with zero attached hydrogens (tertiary/aromatic N) is 1. The minimum Gasteiger partial charge on any atom is -0.396 e. The van der Waals surface area contributed by atoms with Gasteiger partial charge in [0.25, 0.3) is 0 Å². The van der Waals surface area contributed by atoms with Gasteiger partial charge in [-0.3, -0.25) is 0 Å². The SMILES string of the molecule is CC(CO)Cn1cc(CN)c2ccccc21. The van der Waals surface area contributed by atoms with E-state index in [1.54, 1.807) is 0 Å². The van der Waals surface area contributed by atoms with Crippen molar-refractivity contribution in [3.05, 3.63) is 36.0 Å². The number of nitrogens with two attached hydrogens (primary N) is 1. The van der Waals surface area contributed by atoms with E-state index in [-0.39, 0.29) is 12.5 Å². The van der Waals surface area contributed by atoms with Gasteiger partial charge in [0.1, 0.15) is 0 Å². The maximum atomic E-state index is 9.09. The molecule has 0 fully saturated rings. The Morgan fingerprint density at radius 2 is 2.12 bits per heavy atom. The quantitative estimate of drug-likeness (QED) is 0.821. The van der Waals surface area contributed by atoms with Gasteiger partial charge in [-0.1, -0.05) is 25.1 Å². The Kier molecular flexibility index (Phi) is 3.27. The van der Waals surface area contributed by atoms with E-state index in [4.69, 9.17) is 10.8 Å². The van der Waals surface area contributed by atoms with Gasteiger partial charge in [0.05, 0.1) is 0 Å². The molecule has 0 spiro atoms. The average Bonchev–Trinajstić information content (AvgIpc) is 2.68. The van der Waals surface area contributed by atoms with Crippen LogP contribution in [0.5, 0.6) is 0 Å². The monoisotopic (exact) mass is 218 g/mol. The molecule has 2 rings (SSSR count). The van der Waals surface area contributed by atoms with E-state index < -0.39 is 0 Å². The second-order valence-electron chi connectivity index (χ2n) is 4.32. The van der Waals surface area contributed by atoms with Crippen molar-refractivity contribution in [3.63, 3.8) is 0 Å². The van der Waals surface area contributed by atoms with E-state index in [1.807, 2.05) is 19.1 Å². The summed E-state index contributed by atoms with van der Waals surface area (Å²) in [6.45, 7) is 3.64. The molecule has 0 saturated carbocycles. The van der Waals surface area contributed by atoms with Crippen LogP contribution in [0.4, 0.5) is 0 Å². The number of rotatable bonds is 4. The standard InChI is InChI=1S/C13H18N2O/c1-10(9-16)7-15-8-11(6-14)12-4-2-3-5-13(12)15/h2-5,8,10,16H,6-7,9,14H2,1H3. The van der Waals surface area contributed by atoms with Gasteiger partial charge in [0, 0.05) is 36.8 Å². The highest BCUT2D eigenvalue weighted by atomic mass is 16.3. The predicted octanol–water partition coefficient (Wildman–Crippen LogP) is 1.73. The Labute approximate surface area is 95.5 Å². The van der Waals surface area contributed by atoms with Gasteiger partial charge in [-0.2, -0.15) is 0 Å². The number of hydrogen-bond donors (Lipinski definition) is 2. The first kappa shape index (κ1) is 11.2. The maximum Gasteiger partial charge on any atom is 0.0483 e. The van der Waals surface area contributed by atoms with Crippen LogP contribution < -0.4 is 5.73 Å². The summed E-state index contributed by atoms with van der Waals surface area (Å²) in [5.41, 5.74) is 8.09. The first-order chi connectivity index (χ1) is 7.76. The van der Waals surface area contributed by atoms with Gasteiger partial charge in [-0.05, 0) is 17.5 Å². The Morgan fingerprint density at radius 3 is 2.81 bits per heavy atom. The van der Waals surface area contributed by atoms with E-state index in [1.165, 1.54) is 16.5 Å². The number of benzene rings is 1. The van der Waals surface area contributed by atoms with E-state index >= 15 is 0 Å². The largest absolute Gasteiger partial charge is 0.396 e. The number of aromatic nitrogens is 1. The molecule has 0 saturated heterocycles. The highest BCUT2D eigenvalue weighted by Crippen LogP contribution is 2.21. The lowest BCUT2D eigenvalue weighted by Gasteiger charge is -2.10.